The lowest BCUT2D eigenvalue weighted by Gasteiger charge is -2.34. The van der Waals surface area contributed by atoms with Crippen LogP contribution in [0.2, 0.25) is 0 Å². The summed E-state index contributed by atoms with van der Waals surface area (Å²) in [6.45, 7) is 4.61. The minimum atomic E-state index is -0.632. The zero-order chi connectivity index (χ0) is 19.1. The Morgan fingerprint density at radius 3 is 2.52 bits per heavy atom. The fourth-order valence-electron chi connectivity index (χ4n) is 2.86. The zero-order valence-electron chi connectivity index (χ0n) is 14.8. The molecule has 0 radical (unpaired) electrons. The molecule has 1 fully saturated rings. The first-order valence-corrected chi connectivity index (χ1v) is 8.65. The average molecular weight is 371 g/mol. The van der Waals surface area contributed by atoms with Gasteiger partial charge in [-0.15, -0.1) is 0 Å². The minimum absolute atomic E-state index is 0.205. The number of benzene rings is 1. The van der Waals surface area contributed by atoms with Gasteiger partial charge in [0.15, 0.2) is 5.76 Å². The Kier molecular flexibility index (Phi) is 6.29. The second kappa shape index (κ2) is 9.06. The minimum Gasteiger partial charge on any atom is -0.400 e. The highest BCUT2D eigenvalue weighted by molar-refractivity contribution is 5.81. The van der Waals surface area contributed by atoms with E-state index in [4.69, 9.17) is 4.42 Å². The molecule has 2 heterocycles. The number of nitrogens with one attached hydrogen (secondary N) is 1. The molecule has 2 aromatic rings. The summed E-state index contributed by atoms with van der Waals surface area (Å²) >= 11 is 0. The zero-order valence-corrected chi connectivity index (χ0v) is 14.8. The van der Waals surface area contributed by atoms with Crippen LogP contribution in [0.3, 0.4) is 0 Å². The van der Waals surface area contributed by atoms with Crippen LogP contribution in [0, 0.1) is 10.1 Å². The predicted octanol–water partition coefficient (Wildman–Crippen LogP) is 1.46. The third kappa shape index (κ3) is 5.73. The molecule has 1 aromatic heterocycles. The van der Waals surface area contributed by atoms with Gasteiger partial charge in [0.05, 0.1) is 18.8 Å². The number of hydrogen-bond donors (Lipinski definition) is 1. The van der Waals surface area contributed by atoms with E-state index in [0.717, 1.165) is 32.7 Å². The molecule has 0 bridgehead atoms. The monoisotopic (exact) mass is 371 g/mol. The number of amides is 1. The van der Waals surface area contributed by atoms with Crippen LogP contribution in [0.15, 0.2) is 52.0 Å². The molecule has 27 heavy (non-hydrogen) atoms. The number of hydrazone groups is 1. The molecule has 1 amide bonds. The number of nitrogens with zero attached hydrogens (tertiary/aromatic N) is 4. The summed E-state index contributed by atoms with van der Waals surface area (Å²) in [6.07, 6.45) is 1.24. The number of rotatable bonds is 7. The molecule has 0 saturated carbocycles. The molecule has 1 saturated heterocycles. The molecule has 0 unspecified atom stereocenters. The van der Waals surface area contributed by atoms with Crippen LogP contribution in [-0.2, 0) is 11.3 Å². The lowest BCUT2D eigenvalue weighted by molar-refractivity contribution is -0.402. The second-order valence-corrected chi connectivity index (χ2v) is 6.26. The van der Waals surface area contributed by atoms with Crippen molar-refractivity contribution < 1.29 is 14.1 Å². The molecule has 0 spiro atoms. The van der Waals surface area contributed by atoms with Gasteiger partial charge in [-0.25, -0.2) is 5.43 Å². The van der Waals surface area contributed by atoms with Crippen molar-refractivity contribution in [2.24, 2.45) is 5.10 Å². The van der Waals surface area contributed by atoms with Gasteiger partial charge in [0.25, 0.3) is 5.91 Å². The lowest BCUT2D eigenvalue weighted by Crippen LogP contribution is -2.48. The van der Waals surface area contributed by atoms with E-state index in [-0.39, 0.29) is 24.1 Å². The maximum Gasteiger partial charge on any atom is 0.433 e. The van der Waals surface area contributed by atoms with Crippen molar-refractivity contribution in [1.82, 2.24) is 15.2 Å². The first-order chi connectivity index (χ1) is 13.1. The van der Waals surface area contributed by atoms with Crippen molar-refractivity contribution >= 4 is 18.0 Å². The number of carbonyl (C=O) groups is 1. The third-order valence-electron chi connectivity index (χ3n) is 4.25. The van der Waals surface area contributed by atoms with Crippen LogP contribution in [0.4, 0.5) is 5.88 Å². The molecule has 3 rings (SSSR count). The Bertz CT molecular complexity index is 797. The normalized spacial score (nSPS) is 15.9. The van der Waals surface area contributed by atoms with Gasteiger partial charge in [-0.2, -0.15) is 5.10 Å². The van der Waals surface area contributed by atoms with Crippen LogP contribution >= 0.6 is 0 Å². The van der Waals surface area contributed by atoms with Gasteiger partial charge < -0.3 is 4.42 Å². The number of piperazine rings is 1. The summed E-state index contributed by atoms with van der Waals surface area (Å²) in [7, 11) is 0. The molecule has 9 nitrogen and oxygen atoms in total. The van der Waals surface area contributed by atoms with Gasteiger partial charge in [-0.05, 0) is 11.6 Å². The first kappa shape index (κ1) is 18.7. The summed E-state index contributed by atoms with van der Waals surface area (Å²) in [5.74, 6) is -0.392. The topological polar surface area (TPSA) is 104 Å². The van der Waals surface area contributed by atoms with Gasteiger partial charge in [0.1, 0.15) is 4.92 Å². The highest BCUT2D eigenvalue weighted by Gasteiger charge is 2.18. The van der Waals surface area contributed by atoms with E-state index in [1.807, 2.05) is 18.2 Å². The van der Waals surface area contributed by atoms with Crippen molar-refractivity contribution in [3.63, 3.8) is 0 Å². The molecule has 142 valence electrons. The smallest absolute Gasteiger partial charge is 0.400 e. The Balaban J connectivity index is 1.37. The highest BCUT2D eigenvalue weighted by Crippen LogP contribution is 2.13. The van der Waals surface area contributed by atoms with Crippen LogP contribution < -0.4 is 5.43 Å². The summed E-state index contributed by atoms with van der Waals surface area (Å²) in [5.41, 5.74) is 3.70. The highest BCUT2D eigenvalue weighted by atomic mass is 16.6. The van der Waals surface area contributed by atoms with E-state index in [2.05, 4.69) is 32.5 Å². The summed E-state index contributed by atoms with van der Waals surface area (Å²) in [5, 5.41) is 14.3. The molecule has 0 aliphatic carbocycles. The molecular weight excluding hydrogens is 350 g/mol. The Labute approximate surface area is 156 Å². The number of hydrogen-bond acceptors (Lipinski definition) is 7. The van der Waals surface area contributed by atoms with Gasteiger partial charge in [-0.1, -0.05) is 30.3 Å². The standard InChI is InChI=1S/C18H21N5O4/c24-17(20-19-12-16-6-7-18(27-16)23(25)26)14-22-10-8-21(9-11-22)13-15-4-2-1-3-5-15/h1-7,12H,8-11,13-14H2,(H,20,24)/b19-12+. The van der Waals surface area contributed by atoms with Crippen LogP contribution in [0.5, 0.6) is 0 Å². The van der Waals surface area contributed by atoms with E-state index in [1.54, 1.807) is 0 Å². The van der Waals surface area contributed by atoms with Crippen molar-refractivity contribution in [3.05, 3.63) is 63.9 Å². The first-order valence-electron chi connectivity index (χ1n) is 8.65. The van der Waals surface area contributed by atoms with Gasteiger partial charge in [-0.3, -0.25) is 24.7 Å². The molecule has 1 aromatic carbocycles. The SMILES string of the molecule is O=C(CN1CCN(Cc2ccccc2)CC1)N/N=C/c1ccc([N+](=O)[O-])o1. The fourth-order valence-corrected chi connectivity index (χ4v) is 2.86. The molecule has 1 N–H and O–H groups in total. The van der Waals surface area contributed by atoms with Gasteiger partial charge in [0.2, 0.25) is 0 Å². The quantitative estimate of drug-likeness (QED) is 0.449. The average Bonchev–Trinajstić information content (AvgIpc) is 3.13. The van der Waals surface area contributed by atoms with Gasteiger partial charge >= 0.3 is 5.88 Å². The maximum absolute atomic E-state index is 12.0. The van der Waals surface area contributed by atoms with Crippen molar-refractivity contribution in [3.8, 4) is 0 Å². The largest absolute Gasteiger partial charge is 0.433 e. The molecular formula is C18H21N5O4. The van der Waals surface area contributed by atoms with Crippen molar-refractivity contribution in [1.29, 1.82) is 0 Å². The van der Waals surface area contributed by atoms with Gasteiger partial charge in [0, 0.05) is 32.7 Å². The lowest BCUT2D eigenvalue weighted by atomic mass is 10.2. The number of carbonyl (C=O) groups excluding carboxylic acids is 1. The van der Waals surface area contributed by atoms with E-state index in [0.29, 0.717) is 0 Å². The van der Waals surface area contributed by atoms with E-state index < -0.39 is 4.92 Å². The molecule has 0 atom stereocenters. The van der Waals surface area contributed by atoms with Crippen LogP contribution in [-0.4, -0.2) is 59.6 Å². The van der Waals surface area contributed by atoms with Crippen LogP contribution in [0.1, 0.15) is 11.3 Å². The summed E-state index contributed by atoms with van der Waals surface area (Å²) < 4.78 is 4.92. The maximum atomic E-state index is 12.0. The Hall–Kier alpha value is -3.04. The Morgan fingerprint density at radius 1 is 1.15 bits per heavy atom. The van der Waals surface area contributed by atoms with Crippen LogP contribution in [0.25, 0.3) is 0 Å². The molecule has 1 aliphatic rings. The van der Waals surface area contributed by atoms with Crippen molar-refractivity contribution in [2.45, 2.75) is 6.54 Å². The number of furan rings is 1. The fraction of sp³-hybridized carbons (Fsp3) is 0.333. The molecule has 1 aliphatic heterocycles. The third-order valence-corrected chi connectivity index (χ3v) is 4.25. The van der Waals surface area contributed by atoms with E-state index in [9.17, 15) is 14.9 Å². The second-order valence-electron chi connectivity index (χ2n) is 6.26. The van der Waals surface area contributed by atoms with E-state index >= 15 is 0 Å². The predicted molar refractivity (Wildman–Crippen MR) is 99.3 cm³/mol. The number of nitro groups is 1. The van der Waals surface area contributed by atoms with Crippen molar-refractivity contribution in [2.75, 3.05) is 32.7 Å². The molecule has 9 heteroatoms. The van der Waals surface area contributed by atoms with E-state index in [1.165, 1.54) is 23.9 Å². The Morgan fingerprint density at radius 2 is 1.85 bits per heavy atom. The summed E-state index contributed by atoms with van der Waals surface area (Å²) in [4.78, 5) is 26.3. The summed E-state index contributed by atoms with van der Waals surface area (Å²) in [6, 6.07) is 13.0.